The summed E-state index contributed by atoms with van der Waals surface area (Å²) in [6.07, 6.45) is 1.63. The SMILES string of the molecule is O=C(NC1CCSc2c(F)cccc21)C1CCOC1. The summed E-state index contributed by atoms with van der Waals surface area (Å²) in [6, 6.07) is 5.01. The Kier molecular flexibility index (Phi) is 3.75. The summed E-state index contributed by atoms with van der Waals surface area (Å²) in [4.78, 5) is 12.8. The van der Waals surface area contributed by atoms with Crippen molar-refractivity contribution in [1.82, 2.24) is 5.32 Å². The summed E-state index contributed by atoms with van der Waals surface area (Å²) in [5.41, 5.74) is 0.906. The van der Waals surface area contributed by atoms with Crippen molar-refractivity contribution in [3.8, 4) is 0 Å². The molecule has 1 N–H and O–H groups in total. The van der Waals surface area contributed by atoms with E-state index in [9.17, 15) is 9.18 Å². The van der Waals surface area contributed by atoms with Crippen LogP contribution in [0.4, 0.5) is 4.39 Å². The van der Waals surface area contributed by atoms with Crippen LogP contribution in [-0.2, 0) is 9.53 Å². The topological polar surface area (TPSA) is 38.3 Å². The molecule has 3 nitrogen and oxygen atoms in total. The van der Waals surface area contributed by atoms with Crippen LogP contribution in [0.5, 0.6) is 0 Å². The van der Waals surface area contributed by atoms with Crippen LogP contribution in [0, 0.1) is 11.7 Å². The molecule has 5 heteroatoms. The second-order valence-corrected chi connectivity index (χ2v) is 6.02. The summed E-state index contributed by atoms with van der Waals surface area (Å²) < 4.78 is 19.0. The van der Waals surface area contributed by atoms with E-state index in [1.165, 1.54) is 17.8 Å². The number of thioether (sulfide) groups is 1. The molecule has 1 amide bonds. The molecule has 102 valence electrons. The van der Waals surface area contributed by atoms with Gasteiger partial charge in [0.05, 0.1) is 18.6 Å². The monoisotopic (exact) mass is 281 g/mol. The molecular weight excluding hydrogens is 265 g/mol. The summed E-state index contributed by atoms with van der Waals surface area (Å²) in [6.45, 7) is 1.16. The van der Waals surface area contributed by atoms with Gasteiger partial charge < -0.3 is 10.1 Å². The van der Waals surface area contributed by atoms with Crippen molar-refractivity contribution in [1.29, 1.82) is 0 Å². The van der Waals surface area contributed by atoms with Crippen LogP contribution in [-0.4, -0.2) is 24.9 Å². The summed E-state index contributed by atoms with van der Waals surface area (Å²) in [5.74, 6) is 0.627. The largest absolute Gasteiger partial charge is 0.381 e. The Morgan fingerprint density at radius 3 is 3.11 bits per heavy atom. The number of amides is 1. The maximum atomic E-state index is 13.7. The Labute approximate surface area is 115 Å². The quantitative estimate of drug-likeness (QED) is 0.905. The first-order chi connectivity index (χ1) is 9.25. The molecule has 2 atom stereocenters. The van der Waals surface area contributed by atoms with Gasteiger partial charge in [0.2, 0.25) is 5.91 Å². The normalized spacial score (nSPS) is 25.9. The molecule has 0 spiro atoms. The molecule has 2 aliphatic heterocycles. The molecule has 0 radical (unpaired) electrons. The van der Waals surface area contributed by atoms with E-state index in [2.05, 4.69) is 5.32 Å². The lowest BCUT2D eigenvalue weighted by Gasteiger charge is -2.27. The maximum absolute atomic E-state index is 13.7. The zero-order valence-corrected chi connectivity index (χ0v) is 11.3. The van der Waals surface area contributed by atoms with Gasteiger partial charge in [-0.15, -0.1) is 11.8 Å². The van der Waals surface area contributed by atoms with Crippen LogP contribution in [0.3, 0.4) is 0 Å². The minimum atomic E-state index is -0.189. The molecule has 2 heterocycles. The zero-order chi connectivity index (χ0) is 13.2. The molecule has 1 saturated heterocycles. The van der Waals surface area contributed by atoms with Crippen molar-refractivity contribution in [3.63, 3.8) is 0 Å². The number of carbonyl (C=O) groups is 1. The van der Waals surface area contributed by atoms with E-state index >= 15 is 0 Å². The first-order valence-electron chi connectivity index (χ1n) is 6.55. The number of nitrogens with one attached hydrogen (secondary N) is 1. The lowest BCUT2D eigenvalue weighted by Crippen LogP contribution is -2.35. The fourth-order valence-electron chi connectivity index (χ4n) is 2.57. The maximum Gasteiger partial charge on any atom is 0.226 e. The van der Waals surface area contributed by atoms with Gasteiger partial charge in [-0.05, 0) is 24.5 Å². The molecule has 3 rings (SSSR count). The van der Waals surface area contributed by atoms with Crippen molar-refractivity contribution < 1.29 is 13.9 Å². The third-order valence-corrected chi connectivity index (χ3v) is 4.80. The minimum absolute atomic E-state index is 0.0320. The fraction of sp³-hybridized carbons (Fsp3) is 0.500. The van der Waals surface area contributed by atoms with Gasteiger partial charge in [-0.2, -0.15) is 0 Å². The first-order valence-corrected chi connectivity index (χ1v) is 7.53. The Morgan fingerprint density at radius 1 is 1.42 bits per heavy atom. The number of carbonyl (C=O) groups excluding carboxylic acids is 1. The van der Waals surface area contributed by atoms with E-state index in [0.29, 0.717) is 18.1 Å². The molecular formula is C14H16FNO2S. The van der Waals surface area contributed by atoms with Crippen LogP contribution in [0.1, 0.15) is 24.4 Å². The number of benzene rings is 1. The number of hydrogen-bond acceptors (Lipinski definition) is 3. The molecule has 0 bridgehead atoms. The third kappa shape index (κ3) is 2.62. The van der Waals surface area contributed by atoms with Gasteiger partial charge in [0.15, 0.2) is 0 Å². The number of halogens is 1. The zero-order valence-electron chi connectivity index (χ0n) is 10.5. The van der Waals surface area contributed by atoms with E-state index < -0.39 is 0 Å². The Morgan fingerprint density at radius 2 is 2.32 bits per heavy atom. The fourth-order valence-corrected chi connectivity index (χ4v) is 3.71. The van der Waals surface area contributed by atoms with E-state index in [4.69, 9.17) is 4.74 Å². The summed E-state index contributed by atoms with van der Waals surface area (Å²) in [5, 5.41) is 3.05. The lowest BCUT2D eigenvalue weighted by molar-refractivity contribution is -0.125. The van der Waals surface area contributed by atoms with Gasteiger partial charge in [-0.3, -0.25) is 4.79 Å². The van der Waals surface area contributed by atoms with Gasteiger partial charge in [0.1, 0.15) is 5.82 Å². The Bertz CT molecular complexity index is 488. The van der Waals surface area contributed by atoms with Gasteiger partial charge in [0, 0.05) is 17.3 Å². The number of fused-ring (bicyclic) bond motifs is 1. The van der Waals surface area contributed by atoms with Crippen LogP contribution < -0.4 is 5.32 Å². The second-order valence-electron chi connectivity index (χ2n) is 4.92. The van der Waals surface area contributed by atoms with Gasteiger partial charge in [0.25, 0.3) is 0 Å². The minimum Gasteiger partial charge on any atom is -0.381 e. The van der Waals surface area contributed by atoms with E-state index in [0.717, 1.165) is 24.2 Å². The second kappa shape index (κ2) is 5.51. The van der Waals surface area contributed by atoms with E-state index in [-0.39, 0.29) is 23.7 Å². The molecule has 0 saturated carbocycles. The smallest absolute Gasteiger partial charge is 0.226 e. The molecule has 1 fully saturated rings. The highest BCUT2D eigenvalue weighted by Gasteiger charge is 2.29. The van der Waals surface area contributed by atoms with Gasteiger partial charge in [-0.25, -0.2) is 4.39 Å². The van der Waals surface area contributed by atoms with Gasteiger partial charge >= 0.3 is 0 Å². The van der Waals surface area contributed by atoms with Gasteiger partial charge in [-0.1, -0.05) is 12.1 Å². The lowest BCUT2D eigenvalue weighted by atomic mass is 10.0. The molecule has 1 aromatic carbocycles. The molecule has 0 aliphatic carbocycles. The highest BCUT2D eigenvalue weighted by atomic mass is 32.2. The highest BCUT2D eigenvalue weighted by Crippen LogP contribution is 2.37. The molecule has 2 aliphatic rings. The average Bonchev–Trinajstić information content (AvgIpc) is 2.94. The third-order valence-electron chi connectivity index (χ3n) is 3.64. The molecule has 1 aromatic rings. The van der Waals surface area contributed by atoms with Crippen LogP contribution in [0.25, 0.3) is 0 Å². The summed E-state index contributed by atoms with van der Waals surface area (Å²) >= 11 is 1.53. The predicted octanol–water partition coefficient (Wildman–Crippen LogP) is 2.52. The van der Waals surface area contributed by atoms with E-state index in [1.807, 2.05) is 6.07 Å². The molecule has 2 unspecified atom stereocenters. The van der Waals surface area contributed by atoms with Crippen LogP contribution in [0.15, 0.2) is 23.1 Å². The number of hydrogen-bond donors (Lipinski definition) is 1. The Hall–Kier alpha value is -1.07. The van der Waals surface area contributed by atoms with E-state index in [1.54, 1.807) is 6.07 Å². The summed E-state index contributed by atoms with van der Waals surface area (Å²) in [7, 11) is 0. The van der Waals surface area contributed by atoms with Crippen molar-refractivity contribution >= 4 is 17.7 Å². The van der Waals surface area contributed by atoms with Crippen molar-refractivity contribution in [2.45, 2.75) is 23.8 Å². The highest BCUT2D eigenvalue weighted by molar-refractivity contribution is 7.99. The molecule has 0 aromatic heterocycles. The van der Waals surface area contributed by atoms with Crippen molar-refractivity contribution in [3.05, 3.63) is 29.6 Å². The Balaban J connectivity index is 1.76. The predicted molar refractivity (Wildman–Crippen MR) is 71.6 cm³/mol. The average molecular weight is 281 g/mol. The molecule has 19 heavy (non-hydrogen) atoms. The van der Waals surface area contributed by atoms with Crippen LogP contribution >= 0.6 is 11.8 Å². The van der Waals surface area contributed by atoms with Crippen LogP contribution in [0.2, 0.25) is 0 Å². The van der Waals surface area contributed by atoms with Crippen molar-refractivity contribution in [2.75, 3.05) is 19.0 Å². The first kappa shape index (κ1) is 12.9. The number of rotatable bonds is 2. The standard InChI is InChI=1S/C14H16FNO2S/c15-11-3-1-2-10-12(5-7-19-13(10)11)16-14(17)9-4-6-18-8-9/h1-3,9,12H,4-8H2,(H,16,17). The van der Waals surface area contributed by atoms with Crippen molar-refractivity contribution in [2.24, 2.45) is 5.92 Å². The number of ether oxygens (including phenoxy) is 1.